The number of nitrogens with zero attached hydrogens (tertiary/aromatic N) is 5. The molecule has 0 aliphatic heterocycles. The fourth-order valence-electron chi connectivity index (χ4n) is 1.61. The monoisotopic (exact) mass is 211 g/mol. The second-order valence-corrected chi connectivity index (χ2v) is 3.62. The normalized spacial score (nSPS) is 10.8. The van der Waals surface area contributed by atoms with Crippen LogP contribution >= 0.6 is 0 Å². The molecule has 0 spiro atoms. The first-order valence-electron chi connectivity index (χ1n) is 4.93. The summed E-state index contributed by atoms with van der Waals surface area (Å²) in [4.78, 5) is 4.10. The van der Waals surface area contributed by atoms with Crippen molar-refractivity contribution >= 4 is 5.65 Å². The highest BCUT2D eigenvalue weighted by Crippen LogP contribution is 2.21. The van der Waals surface area contributed by atoms with Gasteiger partial charge in [-0.3, -0.25) is 0 Å². The van der Waals surface area contributed by atoms with E-state index in [0.29, 0.717) is 0 Å². The molecule has 2 heterocycles. The van der Waals surface area contributed by atoms with E-state index in [1.54, 1.807) is 17.0 Å². The largest absolute Gasteiger partial charge is 0.244 e. The predicted octanol–water partition coefficient (Wildman–Crippen LogP) is 1.49. The number of aromatic nitrogens is 5. The molecule has 1 aromatic carbocycles. The SMILES string of the molecule is Cc1ccc(-c2cncn3nnnc23)cc1. The quantitative estimate of drug-likeness (QED) is 0.612. The van der Waals surface area contributed by atoms with Gasteiger partial charge in [0.15, 0.2) is 5.65 Å². The number of benzene rings is 1. The van der Waals surface area contributed by atoms with Gasteiger partial charge in [0.05, 0.1) is 0 Å². The summed E-state index contributed by atoms with van der Waals surface area (Å²) >= 11 is 0. The van der Waals surface area contributed by atoms with Gasteiger partial charge < -0.3 is 0 Å². The molecule has 0 unspecified atom stereocenters. The Labute approximate surface area is 91.8 Å². The van der Waals surface area contributed by atoms with E-state index in [0.717, 1.165) is 16.8 Å². The molecule has 0 atom stereocenters. The molecule has 0 N–H and O–H groups in total. The maximum Gasteiger partial charge on any atom is 0.190 e. The number of fused-ring (bicyclic) bond motifs is 1. The van der Waals surface area contributed by atoms with Crippen LogP contribution in [0.2, 0.25) is 0 Å². The molecule has 0 amide bonds. The molecule has 0 saturated heterocycles. The lowest BCUT2D eigenvalue weighted by Crippen LogP contribution is -1.92. The van der Waals surface area contributed by atoms with Crippen molar-refractivity contribution in [1.29, 1.82) is 0 Å². The summed E-state index contributed by atoms with van der Waals surface area (Å²) in [5, 5.41) is 11.4. The van der Waals surface area contributed by atoms with E-state index < -0.39 is 0 Å². The van der Waals surface area contributed by atoms with Crippen molar-refractivity contribution in [1.82, 2.24) is 25.0 Å². The summed E-state index contributed by atoms with van der Waals surface area (Å²) in [6.07, 6.45) is 3.36. The highest BCUT2D eigenvalue weighted by molar-refractivity contribution is 5.75. The Morgan fingerprint density at radius 2 is 1.94 bits per heavy atom. The van der Waals surface area contributed by atoms with E-state index in [-0.39, 0.29) is 0 Å². The summed E-state index contributed by atoms with van der Waals surface area (Å²) in [6, 6.07) is 8.20. The molecule has 0 fully saturated rings. The Kier molecular flexibility index (Phi) is 1.89. The Hall–Kier alpha value is -2.30. The Morgan fingerprint density at radius 1 is 1.12 bits per heavy atom. The van der Waals surface area contributed by atoms with Crippen LogP contribution in [0.4, 0.5) is 0 Å². The fourth-order valence-corrected chi connectivity index (χ4v) is 1.61. The summed E-state index contributed by atoms with van der Waals surface area (Å²) in [6.45, 7) is 2.06. The summed E-state index contributed by atoms with van der Waals surface area (Å²) in [5.41, 5.74) is 3.95. The third-order valence-electron chi connectivity index (χ3n) is 2.48. The molecule has 3 aromatic rings. The molecule has 78 valence electrons. The maximum atomic E-state index is 4.10. The average molecular weight is 211 g/mol. The van der Waals surface area contributed by atoms with Gasteiger partial charge >= 0.3 is 0 Å². The number of tetrazole rings is 1. The highest BCUT2D eigenvalue weighted by Gasteiger charge is 2.06. The van der Waals surface area contributed by atoms with E-state index in [2.05, 4.69) is 39.6 Å². The van der Waals surface area contributed by atoms with Gasteiger partial charge in [0.2, 0.25) is 0 Å². The van der Waals surface area contributed by atoms with E-state index in [4.69, 9.17) is 0 Å². The summed E-state index contributed by atoms with van der Waals surface area (Å²) < 4.78 is 1.56. The molecule has 0 bridgehead atoms. The number of hydrogen-bond acceptors (Lipinski definition) is 4. The van der Waals surface area contributed by atoms with Gasteiger partial charge in [-0.1, -0.05) is 29.8 Å². The van der Waals surface area contributed by atoms with Crippen molar-refractivity contribution in [2.24, 2.45) is 0 Å². The van der Waals surface area contributed by atoms with Crippen molar-refractivity contribution in [3.8, 4) is 11.1 Å². The van der Waals surface area contributed by atoms with Crippen LogP contribution in [0, 0.1) is 6.92 Å². The van der Waals surface area contributed by atoms with E-state index in [9.17, 15) is 0 Å². The van der Waals surface area contributed by atoms with Crippen LogP contribution < -0.4 is 0 Å². The lowest BCUT2D eigenvalue weighted by Gasteiger charge is -2.01. The number of rotatable bonds is 1. The van der Waals surface area contributed by atoms with E-state index >= 15 is 0 Å². The fraction of sp³-hybridized carbons (Fsp3) is 0.0909. The standard InChI is InChI=1S/C11H9N5/c1-8-2-4-9(5-3-8)10-6-12-7-16-11(10)13-14-15-16/h2-7H,1H3. The zero-order valence-electron chi connectivity index (χ0n) is 8.70. The topological polar surface area (TPSA) is 56.0 Å². The Morgan fingerprint density at radius 3 is 2.75 bits per heavy atom. The van der Waals surface area contributed by atoms with E-state index in [1.165, 1.54) is 5.56 Å². The minimum absolute atomic E-state index is 0.721. The molecule has 0 radical (unpaired) electrons. The summed E-state index contributed by atoms with van der Waals surface area (Å²) in [7, 11) is 0. The number of hydrogen-bond donors (Lipinski definition) is 0. The second-order valence-electron chi connectivity index (χ2n) is 3.62. The van der Waals surface area contributed by atoms with E-state index in [1.807, 2.05) is 12.1 Å². The van der Waals surface area contributed by atoms with Gasteiger partial charge in [-0.15, -0.1) is 5.10 Å². The molecule has 5 heteroatoms. The molecule has 0 saturated carbocycles. The lowest BCUT2D eigenvalue weighted by atomic mass is 10.1. The average Bonchev–Trinajstić information content (AvgIpc) is 2.78. The molecular formula is C11H9N5. The third kappa shape index (κ3) is 1.33. The molecule has 16 heavy (non-hydrogen) atoms. The first-order chi connectivity index (χ1) is 7.84. The zero-order valence-corrected chi connectivity index (χ0v) is 8.70. The van der Waals surface area contributed by atoms with Crippen LogP contribution in [0.25, 0.3) is 16.8 Å². The molecule has 3 rings (SSSR count). The lowest BCUT2D eigenvalue weighted by molar-refractivity contribution is 0.810. The maximum absolute atomic E-state index is 4.10. The van der Waals surface area contributed by atoms with Crippen molar-refractivity contribution in [3.05, 3.63) is 42.4 Å². The highest BCUT2D eigenvalue weighted by atomic mass is 15.5. The molecule has 2 aromatic heterocycles. The van der Waals surface area contributed by atoms with Gasteiger partial charge in [-0.25, -0.2) is 4.98 Å². The first-order valence-corrected chi connectivity index (χ1v) is 4.93. The van der Waals surface area contributed by atoms with Crippen molar-refractivity contribution < 1.29 is 0 Å². The van der Waals surface area contributed by atoms with Crippen LogP contribution in [0.15, 0.2) is 36.8 Å². The van der Waals surface area contributed by atoms with Gasteiger partial charge in [0.25, 0.3) is 0 Å². The van der Waals surface area contributed by atoms with Gasteiger partial charge in [0, 0.05) is 11.8 Å². The minimum Gasteiger partial charge on any atom is -0.244 e. The second kappa shape index (κ2) is 3.37. The Bertz CT molecular complexity index is 626. The van der Waals surface area contributed by atoms with Crippen LogP contribution in [-0.4, -0.2) is 25.0 Å². The third-order valence-corrected chi connectivity index (χ3v) is 2.48. The van der Waals surface area contributed by atoms with Crippen LogP contribution in [0.5, 0.6) is 0 Å². The van der Waals surface area contributed by atoms with Crippen LogP contribution in [0.3, 0.4) is 0 Å². The molecule has 0 aliphatic carbocycles. The smallest absolute Gasteiger partial charge is 0.190 e. The van der Waals surface area contributed by atoms with Crippen molar-refractivity contribution in [3.63, 3.8) is 0 Å². The predicted molar refractivity (Wildman–Crippen MR) is 58.8 cm³/mol. The zero-order chi connectivity index (χ0) is 11.0. The summed E-state index contributed by atoms with van der Waals surface area (Å²) in [5.74, 6) is 0. The minimum atomic E-state index is 0.721. The van der Waals surface area contributed by atoms with Crippen LogP contribution in [-0.2, 0) is 0 Å². The van der Waals surface area contributed by atoms with Gasteiger partial charge in [-0.2, -0.15) is 4.52 Å². The van der Waals surface area contributed by atoms with Crippen LogP contribution in [0.1, 0.15) is 5.56 Å². The Balaban J connectivity index is 2.25. The number of aryl methyl sites for hydroxylation is 1. The molecule has 0 aliphatic rings. The van der Waals surface area contributed by atoms with Crippen molar-refractivity contribution in [2.45, 2.75) is 6.92 Å². The first kappa shape index (κ1) is 8.96. The molecular weight excluding hydrogens is 202 g/mol. The molecule has 5 nitrogen and oxygen atoms in total. The van der Waals surface area contributed by atoms with Gasteiger partial charge in [-0.05, 0) is 22.9 Å². The van der Waals surface area contributed by atoms with Gasteiger partial charge in [0.1, 0.15) is 6.33 Å². The van der Waals surface area contributed by atoms with Crippen molar-refractivity contribution in [2.75, 3.05) is 0 Å².